The van der Waals surface area contributed by atoms with Gasteiger partial charge in [0.05, 0.1) is 19.9 Å². The van der Waals surface area contributed by atoms with E-state index in [9.17, 15) is 37.2 Å². The molecule has 1 aliphatic carbocycles. The van der Waals surface area contributed by atoms with Crippen molar-refractivity contribution in [1.29, 1.82) is 0 Å². The Hall–Kier alpha value is -1.72. The number of anilines is 1. The predicted octanol–water partition coefficient (Wildman–Crippen LogP) is -3.64. The summed E-state index contributed by atoms with van der Waals surface area (Å²) in [5.41, 5.74) is 5.15. The van der Waals surface area contributed by atoms with Crippen molar-refractivity contribution in [3.05, 3.63) is 16.7 Å². The standard InChI is InChI=1S/C13H21N5O12P2S/c1-17-5-18(11-8(17)12(20)16-13(14)15-11)7-3-6(10(9(7)19)29-33(2,26)27)4-28-32(24,25)30-31(21,22)23/h5-7,9-10,19H,3-4H2,1-2H3,(H5-,14,15,16,20,21,22,23,24,25)/p-1/t6-,7-,9+,10-/m1/s1. The van der Waals surface area contributed by atoms with Crippen molar-refractivity contribution in [3.63, 3.8) is 0 Å². The minimum Gasteiger partial charge on any atom is -0.756 e. The molecule has 1 fully saturated rings. The number of aromatic nitrogens is 4. The Morgan fingerprint density at radius 1 is 1.42 bits per heavy atom. The second-order valence-corrected chi connectivity index (χ2v) is 11.7. The van der Waals surface area contributed by atoms with Gasteiger partial charge in [-0.1, -0.05) is 4.98 Å². The third-order valence-electron chi connectivity index (χ3n) is 4.82. The maximum Gasteiger partial charge on any atom is 0.311 e. The van der Waals surface area contributed by atoms with E-state index in [-0.39, 0.29) is 23.5 Å². The first-order valence-electron chi connectivity index (χ1n) is 9.00. The van der Waals surface area contributed by atoms with Gasteiger partial charge < -0.3 is 30.0 Å². The molecule has 2 aromatic rings. The van der Waals surface area contributed by atoms with E-state index in [4.69, 9.17) is 14.8 Å². The fourth-order valence-electron chi connectivity index (χ4n) is 3.71. The van der Waals surface area contributed by atoms with E-state index >= 15 is 0 Å². The number of nitrogens with one attached hydrogen (secondary N) is 1. The molecule has 0 amide bonds. The summed E-state index contributed by atoms with van der Waals surface area (Å²) in [6.45, 7) is -0.865. The van der Waals surface area contributed by atoms with Crippen molar-refractivity contribution in [2.75, 3.05) is 18.6 Å². The molecule has 2 unspecified atom stereocenters. The number of phosphoric acid groups is 2. The normalized spacial score (nSPS) is 27.5. The monoisotopic (exact) mass is 532 g/mol. The smallest absolute Gasteiger partial charge is 0.311 e. The first-order valence-corrected chi connectivity index (χ1v) is 13.8. The van der Waals surface area contributed by atoms with Crippen LogP contribution < -0.4 is 25.6 Å². The zero-order chi connectivity index (χ0) is 24.9. The van der Waals surface area contributed by atoms with Gasteiger partial charge in [-0.3, -0.25) is 27.7 Å². The fourth-order valence-corrected chi connectivity index (χ4v) is 5.96. The van der Waals surface area contributed by atoms with Crippen LogP contribution in [0.25, 0.3) is 11.2 Å². The molecule has 0 bridgehead atoms. The van der Waals surface area contributed by atoms with Gasteiger partial charge in [0.1, 0.15) is 18.2 Å². The molecule has 2 aromatic heterocycles. The van der Waals surface area contributed by atoms with Crippen molar-refractivity contribution in [3.8, 4) is 0 Å². The molecule has 1 saturated carbocycles. The van der Waals surface area contributed by atoms with Crippen molar-refractivity contribution in [2.45, 2.75) is 24.7 Å². The number of aliphatic hydroxyl groups excluding tert-OH is 1. The Kier molecular flexibility index (Phi) is 6.91. The van der Waals surface area contributed by atoms with Crippen LogP contribution in [0.3, 0.4) is 0 Å². The van der Waals surface area contributed by atoms with Crippen LogP contribution in [0.4, 0.5) is 5.95 Å². The van der Waals surface area contributed by atoms with Gasteiger partial charge in [0.15, 0.2) is 6.33 Å². The summed E-state index contributed by atoms with van der Waals surface area (Å²) >= 11 is 0. The number of nitrogens with zero attached hydrogens (tertiary/aromatic N) is 3. The van der Waals surface area contributed by atoms with Crippen LogP contribution in [-0.4, -0.2) is 58.0 Å². The maximum absolute atomic E-state index is 12.2. The summed E-state index contributed by atoms with van der Waals surface area (Å²) in [6, 6.07) is -0.988. The lowest BCUT2D eigenvalue weighted by Crippen LogP contribution is -2.46. The molecular weight excluding hydrogens is 512 g/mol. The van der Waals surface area contributed by atoms with E-state index in [0.717, 1.165) is 0 Å². The van der Waals surface area contributed by atoms with E-state index < -0.39 is 62.1 Å². The lowest BCUT2D eigenvalue weighted by Gasteiger charge is -2.29. The number of nitrogens with two attached hydrogens (primary N) is 1. The van der Waals surface area contributed by atoms with Crippen LogP contribution in [-0.2, 0) is 39.3 Å². The number of imidazole rings is 1. The molecule has 0 spiro atoms. The summed E-state index contributed by atoms with van der Waals surface area (Å²) in [5, 5.41) is 10.8. The lowest BCUT2D eigenvalue weighted by molar-refractivity contribution is -0.707. The number of hydrogen-bond acceptors (Lipinski definition) is 13. The average Bonchev–Trinajstić information content (AvgIpc) is 3.07. The van der Waals surface area contributed by atoms with Crippen molar-refractivity contribution >= 4 is 42.9 Å². The van der Waals surface area contributed by atoms with Gasteiger partial charge >= 0.3 is 5.65 Å². The number of aliphatic hydroxyl groups is 1. The topological polar surface area (TPSA) is 263 Å². The van der Waals surface area contributed by atoms with E-state index in [1.165, 1.54) is 22.5 Å². The zero-order valence-corrected chi connectivity index (χ0v) is 19.6. The molecule has 33 heavy (non-hydrogen) atoms. The average molecular weight is 532 g/mol. The highest BCUT2D eigenvalue weighted by molar-refractivity contribution is 7.86. The molecule has 17 nitrogen and oxygen atoms in total. The van der Waals surface area contributed by atoms with Crippen LogP contribution in [0, 0.1) is 5.92 Å². The summed E-state index contributed by atoms with van der Waals surface area (Å²) < 4.78 is 61.3. The number of nitrogen functional groups attached to an aromatic ring is 1. The van der Waals surface area contributed by atoms with Crippen LogP contribution in [0.15, 0.2) is 11.1 Å². The third kappa shape index (κ3) is 6.05. The number of H-pyrrole nitrogens is 1. The number of fused-ring (bicyclic) bond motifs is 1. The summed E-state index contributed by atoms with van der Waals surface area (Å²) in [6.07, 6.45) is -1.16. The molecular formula is C13H20N5O12P2S-. The molecule has 5 N–H and O–H groups in total. The Morgan fingerprint density at radius 3 is 2.64 bits per heavy atom. The molecule has 0 saturated heterocycles. The molecule has 2 heterocycles. The van der Waals surface area contributed by atoms with E-state index in [2.05, 4.69) is 18.8 Å². The van der Waals surface area contributed by atoms with E-state index in [0.29, 0.717) is 6.26 Å². The summed E-state index contributed by atoms with van der Waals surface area (Å²) in [7, 11) is -13.9. The van der Waals surface area contributed by atoms with E-state index in [1.807, 2.05) is 0 Å². The van der Waals surface area contributed by atoms with Crippen LogP contribution in [0.5, 0.6) is 0 Å². The molecule has 0 aliphatic heterocycles. The zero-order valence-electron chi connectivity index (χ0n) is 17.0. The Labute approximate surface area is 185 Å². The van der Waals surface area contributed by atoms with Crippen molar-refractivity contribution in [1.82, 2.24) is 14.5 Å². The van der Waals surface area contributed by atoms with Gasteiger partial charge in [-0.25, -0.2) is 8.88 Å². The quantitative estimate of drug-likeness (QED) is 0.145. The number of phosphoric ester groups is 1. The molecule has 20 heteroatoms. The maximum atomic E-state index is 12.2. The van der Waals surface area contributed by atoms with Gasteiger partial charge in [-0.15, -0.1) is 0 Å². The second kappa shape index (κ2) is 8.81. The van der Waals surface area contributed by atoms with Gasteiger partial charge in [0.2, 0.25) is 5.52 Å². The summed E-state index contributed by atoms with van der Waals surface area (Å²) in [4.78, 5) is 49.5. The fraction of sp³-hybridized carbons (Fsp3) is 0.615. The van der Waals surface area contributed by atoms with Gasteiger partial charge in [-0.2, -0.15) is 8.42 Å². The first kappa shape index (κ1) is 25.9. The van der Waals surface area contributed by atoms with Crippen LogP contribution >= 0.6 is 15.6 Å². The van der Waals surface area contributed by atoms with Crippen LogP contribution in [0.2, 0.25) is 0 Å². The Bertz CT molecular complexity index is 1320. The number of rotatable bonds is 8. The highest BCUT2D eigenvalue weighted by Crippen LogP contribution is 2.53. The summed E-state index contributed by atoms with van der Waals surface area (Å²) in [5.74, 6) is -1.35. The predicted molar refractivity (Wildman–Crippen MR) is 103 cm³/mol. The molecule has 6 atom stereocenters. The molecule has 1 aliphatic rings. The van der Waals surface area contributed by atoms with Gasteiger partial charge in [0, 0.05) is 5.92 Å². The minimum atomic E-state index is -5.69. The lowest BCUT2D eigenvalue weighted by atomic mass is 10.1. The Balaban J connectivity index is 1.96. The number of aryl methyl sites for hydroxylation is 1. The Morgan fingerprint density at radius 2 is 2.06 bits per heavy atom. The largest absolute Gasteiger partial charge is 0.756 e. The van der Waals surface area contributed by atoms with Gasteiger partial charge in [-0.05, 0) is 6.42 Å². The second-order valence-electron chi connectivity index (χ2n) is 7.37. The van der Waals surface area contributed by atoms with E-state index in [1.54, 1.807) is 0 Å². The molecule has 186 valence electrons. The first-order chi connectivity index (χ1) is 15.0. The highest BCUT2D eigenvalue weighted by atomic mass is 32.2. The SMILES string of the molecule is Cn1c[n+]([C@@H]2C[C@H](COP(=O)([O-])OP(=O)([O-])O)[C@@H](OS(C)(=O)=O)[C@H]2O)c2nc(N)[nH]c(=O)c21. The molecule has 3 rings (SSSR count). The minimum absolute atomic E-state index is 0.0490. The number of aromatic amines is 1. The number of hydrogen-bond donors (Lipinski definition) is 4. The van der Waals surface area contributed by atoms with Crippen molar-refractivity contribution in [2.24, 2.45) is 13.0 Å². The van der Waals surface area contributed by atoms with Gasteiger partial charge in [0.25, 0.3) is 37.3 Å². The third-order valence-corrected chi connectivity index (χ3v) is 7.49. The molecule has 0 aromatic carbocycles. The highest BCUT2D eigenvalue weighted by Gasteiger charge is 2.49. The van der Waals surface area contributed by atoms with Crippen molar-refractivity contribution < 1.29 is 54.9 Å². The molecule has 0 radical (unpaired) electrons. The van der Waals surface area contributed by atoms with Crippen LogP contribution in [0.1, 0.15) is 12.5 Å².